The van der Waals surface area contributed by atoms with Crippen LogP contribution in [0.5, 0.6) is 0 Å². The molecule has 1 rings (SSSR count). The van der Waals surface area contributed by atoms with Crippen LogP contribution in [-0.4, -0.2) is 39.7 Å². The van der Waals surface area contributed by atoms with Gasteiger partial charge >= 0.3 is 5.97 Å². The number of carbonyl (C=O) groups is 1. The number of aliphatic carboxylic acids is 1. The average molecular weight is 375 g/mol. The summed E-state index contributed by atoms with van der Waals surface area (Å²) in [7, 11) is 0. The molecule has 0 amide bonds. The van der Waals surface area contributed by atoms with Crippen LogP contribution in [0.3, 0.4) is 0 Å². The first-order valence-corrected chi connectivity index (χ1v) is 10.3. The molecule has 6 heteroatoms. The largest absolute Gasteiger partial charge is 0.481 e. The van der Waals surface area contributed by atoms with E-state index in [4.69, 9.17) is 14.6 Å². The summed E-state index contributed by atoms with van der Waals surface area (Å²) >= 11 is 0. The third kappa shape index (κ3) is 10.5. The maximum Gasteiger partial charge on any atom is 0.303 e. The smallest absolute Gasteiger partial charge is 0.303 e. The number of hydrogen-bond donors (Lipinski definition) is 3. The summed E-state index contributed by atoms with van der Waals surface area (Å²) in [5, 5.41) is 28.5. The summed E-state index contributed by atoms with van der Waals surface area (Å²) in [4.78, 5) is 10.4. The van der Waals surface area contributed by atoms with Gasteiger partial charge in [-0.3, -0.25) is 4.79 Å². The molecule has 6 nitrogen and oxygen atoms in total. The van der Waals surface area contributed by atoms with Crippen molar-refractivity contribution in [1.82, 2.24) is 0 Å². The van der Waals surface area contributed by atoms with Crippen LogP contribution in [0.1, 0.15) is 97.3 Å². The highest BCUT2D eigenvalue weighted by atomic mass is 16.8. The summed E-state index contributed by atoms with van der Waals surface area (Å²) in [5.74, 6) is -2.00. The lowest BCUT2D eigenvalue weighted by Crippen LogP contribution is -2.50. The van der Waals surface area contributed by atoms with Crippen molar-refractivity contribution in [3.63, 3.8) is 0 Å². The third-order valence-electron chi connectivity index (χ3n) is 4.97. The number of carboxylic acids is 1. The van der Waals surface area contributed by atoms with E-state index in [0.717, 1.165) is 32.1 Å². The molecule has 0 aromatic heterocycles. The number of aliphatic hydroxyl groups is 2. The molecule has 0 bridgehead atoms. The first-order valence-electron chi connectivity index (χ1n) is 10.3. The van der Waals surface area contributed by atoms with E-state index in [-0.39, 0.29) is 5.92 Å². The van der Waals surface area contributed by atoms with Crippen LogP contribution in [0, 0.1) is 5.92 Å². The Balaban J connectivity index is 1.90. The Morgan fingerprint density at radius 3 is 1.58 bits per heavy atom. The van der Waals surface area contributed by atoms with Crippen molar-refractivity contribution >= 4 is 5.97 Å². The molecule has 1 aliphatic heterocycles. The van der Waals surface area contributed by atoms with Crippen LogP contribution < -0.4 is 0 Å². The molecule has 1 heterocycles. The van der Waals surface area contributed by atoms with Gasteiger partial charge < -0.3 is 24.8 Å². The van der Waals surface area contributed by atoms with Gasteiger partial charge in [0.05, 0.1) is 5.92 Å². The van der Waals surface area contributed by atoms with Gasteiger partial charge in [-0.15, -0.1) is 0 Å². The van der Waals surface area contributed by atoms with E-state index in [1.807, 2.05) is 0 Å². The zero-order valence-electron chi connectivity index (χ0n) is 16.5. The molecule has 0 spiro atoms. The number of rotatable bonds is 14. The Bertz CT molecular complexity index is 370. The van der Waals surface area contributed by atoms with Gasteiger partial charge in [0.1, 0.15) is 0 Å². The fourth-order valence-corrected chi connectivity index (χ4v) is 3.46. The van der Waals surface area contributed by atoms with Crippen molar-refractivity contribution in [2.75, 3.05) is 0 Å². The minimum absolute atomic E-state index is 0.297. The maximum absolute atomic E-state index is 10.4. The third-order valence-corrected chi connectivity index (χ3v) is 4.97. The van der Waals surface area contributed by atoms with Crippen LogP contribution >= 0.6 is 0 Å². The van der Waals surface area contributed by atoms with Crippen molar-refractivity contribution < 1.29 is 29.6 Å². The van der Waals surface area contributed by atoms with Crippen molar-refractivity contribution in [3.05, 3.63) is 0 Å². The SMILES string of the molecule is CC1(C)OC(O)C(CCCCCCCCCCCCCC(=O)O)C(O)O1. The van der Waals surface area contributed by atoms with Gasteiger partial charge in [0, 0.05) is 6.42 Å². The van der Waals surface area contributed by atoms with E-state index >= 15 is 0 Å². The van der Waals surface area contributed by atoms with Crippen molar-refractivity contribution in [1.29, 1.82) is 0 Å². The van der Waals surface area contributed by atoms with E-state index < -0.39 is 24.3 Å². The molecule has 0 saturated carbocycles. The van der Waals surface area contributed by atoms with E-state index in [9.17, 15) is 15.0 Å². The Hall–Kier alpha value is -0.690. The number of hydrogen-bond acceptors (Lipinski definition) is 5. The molecule has 1 fully saturated rings. The van der Waals surface area contributed by atoms with Gasteiger partial charge in [-0.25, -0.2) is 0 Å². The second kappa shape index (κ2) is 12.7. The van der Waals surface area contributed by atoms with Crippen LogP contribution in [0.4, 0.5) is 0 Å². The van der Waals surface area contributed by atoms with Crippen LogP contribution in [0.25, 0.3) is 0 Å². The maximum atomic E-state index is 10.4. The Kier molecular flexibility index (Phi) is 11.4. The second-order valence-corrected chi connectivity index (χ2v) is 7.90. The summed E-state index contributed by atoms with van der Waals surface area (Å²) in [6.07, 6.45) is 11.4. The van der Waals surface area contributed by atoms with Crippen molar-refractivity contribution in [2.24, 2.45) is 5.92 Å². The number of aliphatic hydroxyl groups excluding tert-OH is 2. The molecule has 26 heavy (non-hydrogen) atoms. The first kappa shape index (κ1) is 23.3. The highest BCUT2D eigenvalue weighted by molar-refractivity contribution is 5.66. The van der Waals surface area contributed by atoms with Gasteiger partial charge in [0.25, 0.3) is 0 Å². The van der Waals surface area contributed by atoms with E-state index in [0.29, 0.717) is 12.8 Å². The molecular weight excluding hydrogens is 336 g/mol. The van der Waals surface area contributed by atoms with Crippen molar-refractivity contribution in [3.8, 4) is 0 Å². The average Bonchev–Trinajstić information content (AvgIpc) is 2.52. The Morgan fingerprint density at radius 1 is 0.769 bits per heavy atom. The molecule has 3 N–H and O–H groups in total. The van der Waals surface area contributed by atoms with E-state index in [2.05, 4.69) is 0 Å². The molecule has 2 atom stereocenters. The number of ether oxygens (including phenoxy) is 2. The highest BCUT2D eigenvalue weighted by Gasteiger charge is 2.41. The molecule has 154 valence electrons. The van der Waals surface area contributed by atoms with Crippen molar-refractivity contribution in [2.45, 2.75) is 116 Å². The molecular formula is C20H38O6. The molecule has 1 saturated heterocycles. The van der Waals surface area contributed by atoms with Crippen LogP contribution in [0.2, 0.25) is 0 Å². The lowest BCUT2D eigenvalue weighted by Gasteiger charge is -2.41. The fourth-order valence-electron chi connectivity index (χ4n) is 3.46. The summed E-state index contributed by atoms with van der Waals surface area (Å²) < 4.78 is 10.7. The first-order chi connectivity index (χ1) is 12.3. The molecule has 1 aliphatic rings. The van der Waals surface area contributed by atoms with Gasteiger partial charge in [0.15, 0.2) is 18.4 Å². The molecule has 0 aromatic rings. The lowest BCUT2D eigenvalue weighted by atomic mass is 9.97. The zero-order chi connectivity index (χ0) is 19.4. The van der Waals surface area contributed by atoms with Crippen LogP contribution in [0.15, 0.2) is 0 Å². The summed E-state index contributed by atoms with van der Waals surface area (Å²) in [6, 6.07) is 0. The predicted molar refractivity (Wildman–Crippen MR) is 99.4 cm³/mol. The second-order valence-electron chi connectivity index (χ2n) is 7.90. The monoisotopic (exact) mass is 374 g/mol. The molecule has 0 radical (unpaired) electrons. The van der Waals surface area contributed by atoms with Crippen LogP contribution in [-0.2, 0) is 14.3 Å². The predicted octanol–water partition coefficient (Wildman–Crippen LogP) is 4.18. The van der Waals surface area contributed by atoms with E-state index in [1.54, 1.807) is 13.8 Å². The van der Waals surface area contributed by atoms with Gasteiger partial charge in [-0.1, -0.05) is 64.2 Å². The normalized spacial score (nSPS) is 25.3. The Morgan fingerprint density at radius 2 is 1.15 bits per heavy atom. The van der Waals surface area contributed by atoms with Gasteiger partial charge in [-0.05, 0) is 26.7 Å². The topological polar surface area (TPSA) is 96.2 Å². The summed E-state index contributed by atoms with van der Waals surface area (Å²) in [5.41, 5.74) is 0. The minimum atomic E-state index is -0.968. The lowest BCUT2D eigenvalue weighted by molar-refractivity contribution is -0.400. The molecule has 0 aromatic carbocycles. The highest BCUT2D eigenvalue weighted by Crippen LogP contribution is 2.32. The standard InChI is InChI=1S/C20H38O6/c1-20(2)25-18(23)16(19(24)26-20)14-12-10-8-6-4-3-5-7-9-11-13-15-17(21)22/h16,18-19,23-24H,3-15H2,1-2H3,(H,21,22). The number of unbranched alkanes of at least 4 members (excludes halogenated alkanes) is 10. The molecule has 2 unspecified atom stereocenters. The zero-order valence-corrected chi connectivity index (χ0v) is 16.5. The van der Waals surface area contributed by atoms with E-state index in [1.165, 1.54) is 38.5 Å². The number of carboxylic acid groups (broad SMARTS) is 1. The fraction of sp³-hybridized carbons (Fsp3) is 0.950. The molecule has 0 aliphatic carbocycles. The minimum Gasteiger partial charge on any atom is -0.481 e. The summed E-state index contributed by atoms with van der Waals surface area (Å²) in [6.45, 7) is 3.37. The van der Waals surface area contributed by atoms with Gasteiger partial charge in [0.2, 0.25) is 0 Å². The Labute approximate surface area is 157 Å². The quantitative estimate of drug-likeness (QED) is 0.395. The van der Waals surface area contributed by atoms with Gasteiger partial charge in [-0.2, -0.15) is 0 Å².